The number of amides is 1. The van der Waals surface area contributed by atoms with Gasteiger partial charge in [0.25, 0.3) is 0 Å². The van der Waals surface area contributed by atoms with Crippen molar-refractivity contribution in [1.82, 2.24) is 5.32 Å². The molecule has 3 rings (SSSR count). The minimum absolute atomic E-state index is 0.0277. The lowest BCUT2D eigenvalue weighted by molar-refractivity contribution is -0.123. The van der Waals surface area contributed by atoms with Gasteiger partial charge in [0.05, 0.1) is 7.11 Å². The summed E-state index contributed by atoms with van der Waals surface area (Å²) in [4.78, 5) is 34.3. The standard InChI is InChI=1S/C20H17F2NO4/c1-27-20(26)18-14(3-2-4-16(18)21)11-5-6-12(17(22)8-11)9-23-19(25)15-7-13(15)10-24/h2-6,8,10,13,15H,7,9H2,1H3,(H,23,25). The normalized spacial score (nSPS) is 17.9. The topological polar surface area (TPSA) is 72.5 Å². The molecule has 0 bridgehead atoms. The molecule has 2 aromatic carbocycles. The number of aldehydes is 1. The quantitative estimate of drug-likeness (QED) is 0.624. The van der Waals surface area contributed by atoms with Gasteiger partial charge >= 0.3 is 5.97 Å². The van der Waals surface area contributed by atoms with Gasteiger partial charge < -0.3 is 14.8 Å². The summed E-state index contributed by atoms with van der Waals surface area (Å²) in [6.07, 6.45) is 1.27. The molecule has 2 atom stereocenters. The van der Waals surface area contributed by atoms with Crippen molar-refractivity contribution in [3.63, 3.8) is 0 Å². The maximum Gasteiger partial charge on any atom is 0.341 e. The zero-order valence-corrected chi connectivity index (χ0v) is 14.5. The number of hydrogen-bond donors (Lipinski definition) is 1. The molecular weight excluding hydrogens is 356 g/mol. The Morgan fingerprint density at radius 2 is 2.00 bits per heavy atom. The summed E-state index contributed by atoms with van der Waals surface area (Å²) < 4.78 is 33.1. The monoisotopic (exact) mass is 373 g/mol. The van der Waals surface area contributed by atoms with Gasteiger partial charge in [-0.3, -0.25) is 4.79 Å². The van der Waals surface area contributed by atoms with E-state index in [0.29, 0.717) is 12.0 Å². The number of methoxy groups -OCH3 is 1. The zero-order valence-electron chi connectivity index (χ0n) is 14.5. The molecule has 0 saturated heterocycles. The van der Waals surface area contributed by atoms with E-state index in [-0.39, 0.29) is 41.0 Å². The highest BCUT2D eigenvalue weighted by molar-refractivity contribution is 5.97. The average molecular weight is 373 g/mol. The van der Waals surface area contributed by atoms with Crippen LogP contribution in [0.25, 0.3) is 11.1 Å². The van der Waals surface area contributed by atoms with Crippen molar-refractivity contribution in [1.29, 1.82) is 0 Å². The number of rotatable bonds is 6. The van der Waals surface area contributed by atoms with Gasteiger partial charge in [0.2, 0.25) is 5.91 Å². The summed E-state index contributed by atoms with van der Waals surface area (Å²) in [5.74, 6) is -3.08. The summed E-state index contributed by atoms with van der Waals surface area (Å²) in [5.41, 5.74) is 0.495. The molecule has 1 saturated carbocycles. The van der Waals surface area contributed by atoms with Crippen LogP contribution in [0.4, 0.5) is 8.78 Å². The maximum absolute atomic E-state index is 14.4. The second-order valence-electron chi connectivity index (χ2n) is 6.32. The highest BCUT2D eigenvalue weighted by Gasteiger charge is 2.42. The summed E-state index contributed by atoms with van der Waals surface area (Å²) in [6, 6.07) is 8.22. The van der Waals surface area contributed by atoms with Crippen LogP contribution >= 0.6 is 0 Å². The van der Waals surface area contributed by atoms with Gasteiger partial charge in [-0.15, -0.1) is 0 Å². The number of esters is 1. The van der Waals surface area contributed by atoms with E-state index >= 15 is 0 Å². The molecule has 0 spiro atoms. The highest BCUT2D eigenvalue weighted by Crippen LogP contribution is 2.36. The van der Waals surface area contributed by atoms with Gasteiger partial charge in [-0.2, -0.15) is 0 Å². The molecule has 140 valence electrons. The summed E-state index contributed by atoms with van der Waals surface area (Å²) in [6.45, 7) is -0.0277. The third kappa shape index (κ3) is 3.86. The lowest BCUT2D eigenvalue weighted by atomic mass is 9.98. The van der Waals surface area contributed by atoms with Crippen LogP contribution < -0.4 is 5.32 Å². The van der Waals surface area contributed by atoms with Crippen molar-refractivity contribution in [2.75, 3.05) is 7.11 Å². The second kappa shape index (κ2) is 7.65. The van der Waals surface area contributed by atoms with Crippen LogP contribution in [-0.2, 0) is 20.9 Å². The van der Waals surface area contributed by atoms with Crippen LogP contribution in [0.3, 0.4) is 0 Å². The van der Waals surface area contributed by atoms with Crippen LogP contribution in [-0.4, -0.2) is 25.3 Å². The molecule has 2 unspecified atom stereocenters. The van der Waals surface area contributed by atoms with Crippen LogP contribution in [0.15, 0.2) is 36.4 Å². The number of carbonyl (C=O) groups excluding carboxylic acids is 3. The first-order valence-corrected chi connectivity index (χ1v) is 8.35. The number of halogens is 2. The molecule has 27 heavy (non-hydrogen) atoms. The Hall–Kier alpha value is -3.09. The highest BCUT2D eigenvalue weighted by atomic mass is 19.1. The Labute approximate surface area is 154 Å². The molecule has 0 radical (unpaired) electrons. The zero-order chi connectivity index (χ0) is 19.6. The molecule has 5 nitrogen and oxygen atoms in total. The number of benzene rings is 2. The van der Waals surface area contributed by atoms with E-state index in [1.807, 2.05) is 0 Å². The van der Waals surface area contributed by atoms with Gasteiger partial charge in [-0.05, 0) is 29.7 Å². The average Bonchev–Trinajstić information content (AvgIpc) is 3.46. The molecule has 0 aromatic heterocycles. The molecule has 1 fully saturated rings. The predicted molar refractivity (Wildman–Crippen MR) is 92.6 cm³/mol. The van der Waals surface area contributed by atoms with E-state index in [1.165, 1.54) is 30.3 Å². The SMILES string of the molecule is COC(=O)c1c(F)cccc1-c1ccc(CNC(=O)C2CC2C=O)c(F)c1. The predicted octanol–water partition coefficient (Wildman–Crippen LogP) is 2.87. The van der Waals surface area contributed by atoms with Crippen molar-refractivity contribution in [2.45, 2.75) is 13.0 Å². The lowest BCUT2D eigenvalue weighted by Crippen LogP contribution is -2.25. The molecule has 7 heteroatoms. The van der Waals surface area contributed by atoms with Crippen LogP contribution in [0.5, 0.6) is 0 Å². The van der Waals surface area contributed by atoms with Crippen molar-refractivity contribution in [3.8, 4) is 11.1 Å². The van der Waals surface area contributed by atoms with Crippen molar-refractivity contribution >= 4 is 18.2 Å². The van der Waals surface area contributed by atoms with Gasteiger partial charge in [0, 0.05) is 23.9 Å². The van der Waals surface area contributed by atoms with Gasteiger partial charge in [-0.1, -0.05) is 24.3 Å². The van der Waals surface area contributed by atoms with Crippen molar-refractivity contribution in [3.05, 3.63) is 59.2 Å². The number of nitrogens with one attached hydrogen (secondary N) is 1. The molecule has 0 heterocycles. The molecule has 1 amide bonds. The van der Waals surface area contributed by atoms with E-state index in [9.17, 15) is 23.2 Å². The minimum Gasteiger partial charge on any atom is -0.465 e. The summed E-state index contributed by atoms with van der Waals surface area (Å²) in [7, 11) is 1.14. The lowest BCUT2D eigenvalue weighted by Gasteiger charge is -2.11. The molecule has 1 aliphatic carbocycles. The minimum atomic E-state index is -0.853. The van der Waals surface area contributed by atoms with Crippen LogP contribution in [0.1, 0.15) is 22.3 Å². The Balaban J connectivity index is 1.79. The Morgan fingerprint density at radius 1 is 1.22 bits per heavy atom. The fourth-order valence-electron chi connectivity index (χ4n) is 2.91. The van der Waals surface area contributed by atoms with Gasteiger partial charge in [0.15, 0.2) is 0 Å². The fourth-order valence-corrected chi connectivity index (χ4v) is 2.91. The van der Waals surface area contributed by atoms with Gasteiger partial charge in [-0.25, -0.2) is 13.6 Å². The third-order valence-corrected chi connectivity index (χ3v) is 4.57. The van der Waals surface area contributed by atoms with E-state index in [1.54, 1.807) is 0 Å². The van der Waals surface area contributed by atoms with E-state index in [0.717, 1.165) is 19.5 Å². The Morgan fingerprint density at radius 3 is 2.63 bits per heavy atom. The number of ether oxygens (including phenoxy) is 1. The van der Waals surface area contributed by atoms with Crippen LogP contribution in [0.2, 0.25) is 0 Å². The first-order chi connectivity index (χ1) is 13.0. The molecular formula is C20H17F2NO4. The largest absolute Gasteiger partial charge is 0.465 e. The second-order valence-corrected chi connectivity index (χ2v) is 6.32. The maximum atomic E-state index is 14.4. The molecule has 1 aliphatic rings. The van der Waals surface area contributed by atoms with Crippen molar-refractivity contribution < 1.29 is 27.9 Å². The third-order valence-electron chi connectivity index (χ3n) is 4.57. The first-order valence-electron chi connectivity index (χ1n) is 8.35. The Kier molecular flexibility index (Phi) is 5.30. The molecule has 1 N–H and O–H groups in total. The van der Waals surface area contributed by atoms with Crippen molar-refractivity contribution in [2.24, 2.45) is 11.8 Å². The number of carbonyl (C=O) groups is 3. The summed E-state index contributed by atoms with van der Waals surface area (Å²) >= 11 is 0. The first kappa shape index (κ1) is 18.7. The molecule has 2 aromatic rings. The van der Waals surface area contributed by atoms with Crippen LogP contribution in [0, 0.1) is 23.5 Å². The molecule has 0 aliphatic heterocycles. The Bertz CT molecular complexity index is 913. The van der Waals surface area contributed by atoms with Gasteiger partial charge in [0.1, 0.15) is 23.5 Å². The van der Waals surface area contributed by atoms with E-state index in [2.05, 4.69) is 10.1 Å². The fraction of sp³-hybridized carbons (Fsp3) is 0.250. The smallest absolute Gasteiger partial charge is 0.341 e. The van der Waals surface area contributed by atoms with E-state index < -0.39 is 17.6 Å². The number of hydrogen-bond acceptors (Lipinski definition) is 4. The van der Waals surface area contributed by atoms with E-state index in [4.69, 9.17) is 0 Å². The summed E-state index contributed by atoms with van der Waals surface area (Å²) in [5, 5.41) is 2.60.